The number of hydrogen-bond donors (Lipinski definition) is 0. The van der Waals surface area contributed by atoms with E-state index in [0.29, 0.717) is 0 Å². The van der Waals surface area contributed by atoms with Crippen LogP contribution in [0.15, 0.2) is 78.0 Å². The Morgan fingerprint density at radius 3 is 2.26 bits per heavy atom. The van der Waals surface area contributed by atoms with E-state index in [-0.39, 0.29) is 21.9 Å². The molecule has 0 fully saturated rings. The fourth-order valence-electron chi connectivity index (χ4n) is 3.27. The van der Waals surface area contributed by atoms with Gasteiger partial charge < -0.3 is 21.5 Å². The van der Waals surface area contributed by atoms with Crippen LogP contribution in [-0.4, -0.2) is 36.9 Å². The van der Waals surface area contributed by atoms with Gasteiger partial charge in [-0.3, -0.25) is 0 Å². The molecule has 0 saturated carbocycles. The number of pyridine rings is 1. The predicted molar refractivity (Wildman–Crippen MR) is 116 cm³/mol. The second-order valence-electron chi connectivity index (χ2n) is 7.50. The maximum atomic E-state index is 10.4. The molecule has 0 unspecified atom stereocenters. The van der Waals surface area contributed by atoms with Crippen molar-refractivity contribution in [2.24, 2.45) is 7.05 Å². The van der Waals surface area contributed by atoms with E-state index < -0.39 is 10.1 Å². The van der Waals surface area contributed by atoms with Gasteiger partial charge in [-0.05, 0) is 36.2 Å². The van der Waals surface area contributed by atoms with Crippen molar-refractivity contribution in [3.8, 4) is 0 Å². The van der Waals surface area contributed by atoms with E-state index in [1.807, 2.05) is 6.92 Å². The molecule has 31 heavy (non-hydrogen) atoms. The third-order valence-corrected chi connectivity index (χ3v) is 5.94. The summed E-state index contributed by atoms with van der Waals surface area (Å²) in [7, 11) is -2.21. The van der Waals surface area contributed by atoms with E-state index in [1.54, 1.807) is 12.1 Å². The Bertz CT molecular complexity index is 1130. The molecular weight excluding hydrogens is 476 g/mol. The van der Waals surface area contributed by atoms with Gasteiger partial charge in [0.2, 0.25) is 0 Å². The van der Waals surface area contributed by atoms with Crippen molar-refractivity contribution in [2.45, 2.75) is 24.7 Å². The van der Waals surface area contributed by atoms with Gasteiger partial charge in [0.25, 0.3) is 0 Å². The molecule has 0 saturated heterocycles. The molecule has 4 rings (SSSR count). The zero-order chi connectivity index (χ0) is 21.6. The normalized spacial score (nSPS) is 12.5. The van der Waals surface area contributed by atoms with E-state index >= 15 is 0 Å². The molecule has 1 aliphatic rings. The molecule has 2 aromatic carbocycles. The highest BCUT2D eigenvalue weighted by Crippen LogP contribution is 2.11. The molecule has 0 spiro atoms. The molecule has 2 heterocycles. The SMILES string of the molecule is C[n+]1ccc(CC[N+]2=Cc3ccccc3CC2)cc1.Cc1ccc(S(=O)(=O)[O-])cc1.[Br-]. The van der Waals surface area contributed by atoms with Crippen LogP contribution in [0, 0.1) is 6.92 Å². The van der Waals surface area contributed by atoms with Gasteiger partial charge in [0.1, 0.15) is 30.3 Å². The van der Waals surface area contributed by atoms with Crippen LogP contribution in [0.25, 0.3) is 0 Å². The van der Waals surface area contributed by atoms with Crippen molar-refractivity contribution < 1.29 is 39.1 Å². The molecule has 1 aliphatic heterocycles. The van der Waals surface area contributed by atoms with Crippen molar-refractivity contribution in [3.05, 3.63) is 95.3 Å². The van der Waals surface area contributed by atoms with Crippen LogP contribution in [0.1, 0.15) is 22.3 Å². The first-order valence-corrected chi connectivity index (χ1v) is 11.4. The Balaban J connectivity index is 0.000000245. The van der Waals surface area contributed by atoms with Crippen molar-refractivity contribution in [1.29, 1.82) is 0 Å². The van der Waals surface area contributed by atoms with Crippen molar-refractivity contribution in [1.82, 2.24) is 0 Å². The quantitative estimate of drug-likeness (QED) is 0.361. The van der Waals surface area contributed by atoms with Gasteiger partial charge in [0, 0.05) is 30.5 Å². The fourth-order valence-corrected chi connectivity index (χ4v) is 3.74. The maximum absolute atomic E-state index is 10.4. The van der Waals surface area contributed by atoms with Crippen LogP contribution >= 0.6 is 0 Å². The number of halogens is 1. The van der Waals surface area contributed by atoms with Gasteiger partial charge in [0.05, 0.1) is 4.90 Å². The lowest BCUT2D eigenvalue weighted by Crippen LogP contribution is -3.00. The largest absolute Gasteiger partial charge is 1.00 e. The molecule has 0 atom stereocenters. The topological polar surface area (TPSA) is 64.1 Å². The van der Waals surface area contributed by atoms with E-state index in [2.05, 4.69) is 71.2 Å². The summed E-state index contributed by atoms with van der Waals surface area (Å²) in [6, 6.07) is 18.9. The van der Waals surface area contributed by atoms with Crippen LogP contribution in [0.5, 0.6) is 0 Å². The van der Waals surface area contributed by atoms with Crippen molar-refractivity contribution >= 4 is 16.3 Å². The average molecular weight is 503 g/mol. The van der Waals surface area contributed by atoms with Gasteiger partial charge in [-0.2, -0.15) is 0 Å². The lowest BCUT2D eigenvalue weighted by Gasteiger charge is -2.12. The second kappa shape index (κ2) is 11.3. The number of nitrogens with zero attached hydrogens (tertiary/aromatic N) is 2. The molecule has 164 valence electrons. The van der Waals surface area contributed by atoms with E-state index in [0.717, 1.165) is 31.5 Å². The highest BCUT2D eigenvalue weighted by Gasteiger charge is 2.14. The lowest BCUT2D eigenvalue weighted by molar-refractivity contribution is -0.671. The number of aryl methyl sites for hydroxylation is 2. The first-order valence-electron chi connectivity index (χ1n) is 9.95. The molecule has 0 aliphatic carbocycles. The number of benzene rings is 2. The van der Waals surface area contributed by atoms with Gasteiger partial charge in [-0.1, -0.05) is 35.9 Å². The Morgan fingerprint density at radius 1 is 0.968 bits per heavy atom. The first kappa shape index (κ1) is 24.9. The van der Waals surface area contributed by atoms with E-state index in [4.69, 9.17) is 0 Å². The van der Waals surface area contributed by atoms with Crippen LogP contribution < -0.4 is 21.5 Å². The minimum absolute atomic E-state index is 0. The Morgan fingerprint density at radius 2 is 1.61 bits per heavy atom. The zero-order valence-corrected chi connectivity index (χ0v) is 20.1. The summed E-state index contributed by atoms with van der Waals surface area (Å²) >= 11 is 0. The summed E-state index contributed by atoms with van der Waals surface area (Å²) in [6.45, 7) is 4.06. The summed E-state index contributed by atoms with van der Waals surface area (Å²) < 4.78 is 35.7. The summed E-state index contributed by atoms with van der Waals surface area (Å²) in [6.07, 6.45) is 8.81. The van der Waals surface area contributed by atoms with Crippen LogP contribution in [0.4, 0.5) is 0 Å². The third-order valence-electron chi connectivity index (χ3n) is 5.09. The summed E-state index contributed by atoms with van der Waals surface area (Å²) in [5.41, 5.74) is 5.20. The number of fused-ring (bicyclic) bond motifs is 1. The molecule has 7 heteroatoms. The molecule has 0 amide bonds. The molecule has 0 radical (unpaired) electrons. The minimum atomic E-state index is -4.27. The Kier molecular flexibility index (Phi) is 9.10. The van der Waals surface area contributed by atoms with Gasteiger partial charge in [0.15, 0.2) is 18.6 Å². The highest BCUT2D eigenvalue weighted by molar-refractivity contribution is 7.85. The second-order valence-corrected chi connectivity index (χ2v) is 8.88. The maximum Gasteiger partial charge on any atom is 0.170 e. The smallest absolute Gasteiger partial charge is 0.170 e. The minimum Gasteiger partial charge on any atom is -1.00 e. The van der Waals surface area contributed by atoms with Crippen LogP contribution in [-0.2, 0) is 30.0 Å². The summed E-state index contributed by atoms with van der Waals surface area (Å²) in [4.78, 5) is -0.178. The van der Waals surface area contributed by atoms with Crippen LogP contribution in [0.2, 0.25) is 0 Å². The summed E-state index contributed by atoms with van der Waals surface area (Å²) in [5.74, 6) is 0. The van der Waals surface area contributed by atoms with Crippen molar-refractivity contribution in [2.75, 3.05) is 13.1 Å². The molecule has 0 bridgehead atoms. The molecule has 1 aromatic heterocycles. The highest BCUT2D eigenvalue weighted by atomic mass is 79.9. The van der Waals surface area contributed by atoms with E-state index in [1.165, 1.54) is 28.8 Å². The Hall–Kier alpha value is -2.35. The van der Waals surface area contributed by atoms with Gasteiger partial charge in [-0.25, -0.2) is 17.6 Å². The number of aromatic nitrogens is 1. The van der Waals surface area contributed by atoms with Gasteiger partial charge in [-0.15, -0.1) is 0 Å². The molecule has 5 nitrogen and oxygen atoms in total. The van der Waals surface area contributed by atoms with Crippen molar-refractivity contribution in [3.63, 3.8) is 0 Å². The number of hydrogen-bond acceptors (Lipinski definition) is 3. The first-order chi connectivity index (χ1) is 14.3. The molecular formula is C24H27BrN2O3S. The zero-order valence-electron chi connectivity index (χ0n) is 17.7. The van der Waals surface area contributed by atoms with Gasteiger partial charge >= 0.3 is 0 Å². The monoisotopic (exact) mass is 502 g/mol. The summed E-state index contributed by atoms with van der Waals surface area (Å²) in [5, 5.41) is 0. The molecule has 3 aromatic rings. The average Bonchev–Trinajstić information content (AvgIpc) is 2.73. The van der Waals surface area contributed by atoms with Crippen LogP contribution in [0.3, 0.4) is 0 Å². The predicted octanol–water partition coefficient (Wildman–Crippen LogP) is -0.356. The third kappa shape index (κ3) is 7.69. The fraction of sp³-hybridized carbons (Fsp3) is 0.250. The van der Waals surface area contributed by atoms with E-state index in [9.17, 15) is 13.0 Å². The Labute approximate surface area is 195 Å². The molecule has 0 N–H and O–H groups in total. The standard InChI is InChI=1S/C17H20N2.C7H8O3S.BrH/c1-18-10-6-15(7-11-18)8-12-19-13-9-16-4-2-3-5-17(16)14-19;1-6-2-4-7(5-3-6)11(8,9)10;/h2-7,10-11,14H,8-9,12-13H2,1H3;2-5H,1H3,(H,8,9,10);1H/q+2;;/p-2. The lowest BCUT2D eigenvalue weighted by atomic mass is 10.0. The number of rotatable bonds is 4.